The third-order valence-corrected chi connectivity index (χ3v) is 24.5. The first-order valence-corrected chi connectivity index (χ1v) is 46.3. The van der Waals surface area contributed by atoms with E-state index in [1.165, 1.54) is 6.92 Å². The number of likely N-dealkylation sites (tertiary alicyclic amines) is 6. The molecular weight excluding hydrogens is 1710 g/mol. The average molecular weight is 1850 g/mol. The molecule has 6 aliphatic heterocycles. The van der Waals surface area contributed by atoms with E-state index in [1.54, 1.807) is 18.6 Å². The minimum absolute atomic E-state index is 0. The molecule has 15 rings (SSSR count). The number of hydrogen-bond donors (Lipinski definition) is 10. The Labute approximate surface area is 818 Å². The van der Waals surface area contributed by atoms with Crippen molar-refractivity contribution < 1.29 is 102 Å². The fourth-order valence-electron chi connectivity index (χ4n) is 18.6. The molecule has 15 N–H and O–H groups in total. The molecule has 3 aromatic carbocycles. The zero-order valence-corrected chi connectivity index (χ0v) is 81.8. The third kappa shape index (κ3) is 31.3. The fraction of sp³-hybridized carbons (Fsp3) is 0.525. The molecule has 6 fully saturated rings. The maximum atomic E-state index is 13.5. The molecule has 12 heterocycles. The number of halogens is 1. The minimum Gasteiger partial charge on any atom is -0.870 e. The van der Waals surface area contributed by atoms with Crippen molar-refractivity contribution in [1.29, 1.82) is 0 Å². The first kappa shape index (κ1) is 111. The number of anilines is 3. The molecule has 0 spiro atoms. The van der Waals surface area contributed by atoms with Crippen molar-refractivity contribution in [3.63, 3.8) is 0 Å². The van der Waals surface area contributed by atoms with Crippen LogP contribution >= 0.6 is 12.4 Å². The molecule has 6 aromatic heterocycles. The standard InChI is InChI=1S/C34H46N6O4.C33H43N6O5.C29H38N6O2.C3H9N.ClH.2Li.2H2O/c1-22(2)36-31(41)30-29(26-8-6-7-9-27(26)37-30)24-13-18-40(19-14-24)32(42)25-11-16-39(17-12-25)21-23-10-15-35-28(20-23)38-33(43)44-34(3,4)5;1-21(40)35-30(41)29-28(25-7-5-6-8-26(25)36-29)23-12-17-39(18-13-23)31(42)24-10-15-38(16-11-24)20-22-9-14-34-27(19-22)37-32(43)44-33(2,3)4;1-19(2)32-28(36)27-26(23-5-3-4-6-24(23)33-27)21-10-15-35(16-11-21)29(37)22-8-13-34(14-9-22)18-20-7-12-31-25(30)17-20;1-3(2)4;;;;;/h6-10,15,20,22,24-25,37H,11-14,16-19,21H2,1-5H3,(H,36,41)(H,35,38,43);5-9,14,19,21,23-24,36H,10-13,15-18,20H2,1-4H3,(H,35,41)(H,34,37,43);3-7,12,17,19,21-22,33H,8-11,13-16,18H2,1-2H3,(H2,30,31)(H,32,36);3H,4H2,1-2H3;1H;;;2*1H2/q;-1;;;;2*+1;;/p-1. The Morgan fingerprint density at radius 3 is 0.963 bits per heavy atom. The second kappa shape index (κ2) is 51.3. The van der Waals surface area contributed by atoms with Gasteiger partial charge in [0.15, 0.2) is 0 Å². The summed E-state index contributed by atoms with van der Waals surface area (Å²) in [6.07, 6.45) is 12.9. The van der Waals surface area contributed by atoms with Crippen LogP contribution in [0.4, 0.5) is 27.0 Å². The quantitative estimate of drug-likeness (QED) is 0.0264. The molecule has 8 amide bonds. The number of para-hydroxylation sites is 3. The second-order valence-electron chi connectivity index (χ2n) is 38.4. The van der Waals surface area contributed by atoms with Crippen LogP contribution < -0.4 is 80.9 Å². The number of nitrogen functional groups attached to an aromatic ring is 1. The van der Waals surface area contributed by atoms with Crippen molar-refractivity contribution in [2.75, 3.05) is 94.9 Å². The van der Waals surface area contributed by atoms with E-state index in [9.17, 15) is 43.5 Å². The predicted octanol–water partition coefficient (Wildman–Crippen LogP) is 7.31. The summed E-state index contributed by atoms with van der Waals surface area (Å²) in [6.45, 7) is 35.7. The van der Waals surface area contributed by atoms with Gasteiger partial charge >= 0.3 is 49.9 Å². The molecule has 0 saturated carbocycles. The molecule has 9 aromatic rings. The summed E-state index contributed by atoms with van der Waals surface area (Å²) in [7, 11) is 0. The summed E-state index contributed by atoms with van der Waals surface area (Å²) in [4.78, 5) is 139. The van der Waals surface area contributed by atoms with Crippen LogP contribution in [0.15, 0.2) is 128 Å². The van der Waals surface area contributed by atoms with E-state index in [0.717, 1.165) is 209 Å². The van der Waals surface area contributed by atoms with Gasteiger partial charge in [-0.05, 0) is 297 Å². The van der Waals surface area contributed by atoms with Gasteiger partial charge in [-0.3, -0.25) is 54.1 Å². The molecular formula is C99H140ClLi2N19O13. The maximum Gasteiger partial charge on any atom is 1.00 e. The van der Waals surface area contributed by atoms with Crippen LogP contribution in [0, 0.1) is 17.8 Å². The topological polar surface area (TPSA) is 457 Å². The van der Waals surface area contributed by atoms with Crippen molar-refractivity contribution in [3.8, 4) is 0 Å². The van der Waals surface area contributed by atoms with Crippen LogP contribution in [0.3, 0.4) is 0 Å². The van der Waals surface area contributed by atoms with Crippen LogP contribution in [-0.4, -0.2) is 232 Å². The van der Waals surface area contributed by atoms with E-state index in [0.29, 0.717) is 79.2 Å². The van der Waals surface area contributed by atoms with E-state index in [4.69, 9.17) is 20.9 Å². The van der Waals surface area contributed by atoms with Gasteiger partial charge in [0.05, 0.1) is 0 Å². The Hall–Kier alpha value is -9.91. The minimum atomic E-state index is -1.20. The number of aromatic amines is 3. The summed E-state index contributed by atoms with van der Waals surface area (Å²) >= 11 is 0. The fourth-order valence-corrected chi connectivity index (χ4v) is 18.6. The number of rotatable bonds is 20. The van der Waals surface area contributed by atoms with Crippen LogP contribution in [0.2, 0.25) is 0 Å². The average Bonchev–Trinajstić information content (AvgIpc) is 1.63. The molecule has 35 heteroatoms. The number of ether oxygens (including phenoxy) is 2. The molecule has 6 aliphatic rings. The number of carbonyl (C=O) groups excluding carboxylic acids is 8. The smallest absolute Gasteiger partial charge is 0.870 e. The van der Waals surface area contributed by atoms with Gasteiger partial charge in [0, 0.05) is 140 Å². The number of hydrogen-bond acceptors (Lipinski definition) is 20. The summed E-state index contributed by atoms with van der Waals surface area (Å²) in [5.74, 6) is 2.44. The van der Waals surface area contributed by atoms with Gasteiger partial charge in [-0.25, -0.2) is 24.5 Å². The molecule has 718 valence electrons. The molecule has 0 radical (unpaired) electrons. The number of nitrogens with zero attached hydrogens (tertiary/aromatic N) is 9. The monoisotopic (exact) mass is 1850 g/mol. The van der Waals surface area contributed by atoms with E-state index in [-0.39, 0.29) is 138 Å². The Morgan fingerprint density at radius 2 is 0.694 bits per heavy atom. The Morgan fingerprint density at radius 1 is 0.425 bits per heavy atom. The van der Waals surface area contributed by atoms with Gasteiger partial charge in [-0.1, -0.05) is 81.6 Å². The van der Waals surface area contributed by atoms with Gasteiger partial charge in [-0.2, -0.15) is 0 Å². The third-order valence-electron chi connectivity index (χ3n) is 24.5. The second-order valence-corrected chi connectivity index (χ2v) is 38.4. The molecule has 0 bridgehead atoms. The number of carbonyl (C=O) groups is 8. The zero-order chi connectivity index (χ0) is 92.4. The van der Waals surface area contributed by atoms with E-state index in [2.05, 4.69) is 88.2 Å². The first-order valence-electron chi connectivity index (χ1n) is 46.3. The van der Waals surface area contributed by atoms with Gasteiger partial charge in [-0.15, -0.1) is 12.4 Å². The number of benzene rings is 3. The molecule has 6 saturated heterocycles. The Balaban J connectivity index is 0.000000265. The van der Waals surface area contributed by atoms with Crippen molar-refractivity contribution >= 4 is 110 Å². The number of nitrogens with two attached hydrogens (primary N) is 2. The number of fused-ring (bicyclic) bond motifs is 3. The maximum absolute atomic E-state index is 13.5. The van der Waals surface area contributed by atoms with Gasteiger partial charge < -0.3 is 82.6 Å². The SMILES string of the molecule is CC(C)N.CC(C)NC(=O)c1[nH]c2ccccc2c1C1CCN(C(=O)C2CCN(Cc3ccnc(N)c3)CC2)CC1.CC(C)NC(=O)c1[nH]c2ccccc2c1C1CCN(C(=O)C2CCN(Cc3ccnc(NC(=O)OC(C)(C)C)c3)CC2)CC1.CC([O-])NC(=O)c1[nH]c2ccccc2c1C1CCN(C(=O)C2CCN(Cc3ccnc(NC(=O)OC(C)(C)C)c3)CC2)CC1.Cl.O.[Li+].[Li+].[OH-]. The van der Waals surface area contributed by atoms with Crippen LogP contribution in [0.1, 0.15) is 250 Å². The van der Waals surface area contributed by atoms with E-state index >= 15 is 0 Å². The summed E-state index contributed by atoms with van der Waals surface area (Å²) in [6, 6.07) is 36.1. The molecule has 0 aliphatic carbocycles. The zero-order valence-electron chi connectivity index (χ0n) is 81.0. The molecule has 134 heavy (non-hydrogen) atoms. The van der Waals surface area contributed by atoms with Gasteiger partial charge in [0.1, 0.15) is 45.7 Å². The van der Waals surface area contributed by atoms with Crippen LogP contribution in [-0.2, 0) is 43.5 Å². The number of H-pyrrole nitrogens is 3. The van der Waals surface area contributed by atoms with Crippen molar-refractivity contribution in [2.24, 2.45) is 23.5 Å². The summed E-state index contributed by atoms with van der Waals surface area (Å²) < 4.78 is 10.7. The Kier molecular flexibility index (Phi) is 42.5. The number of amides is 8. The largest absolute Gasteiger partial charge is 1.00 e. The molecule has 1 unspecified atom stereocenters. The molecule has 1 atom stereocenters. The van der Waals surface area contributed by atoms with Crippen molar-refractivity contribution in [1.82, 2.24) is 75.3 Å². The van der Waals surface area contributed by atoms with E-state index < -0.39 is 29.6 Å². The normalized spacial score (nSPS) is 16.7. The molecule has 32 nitrogen and oxygen atoms in total. The van der Waals surface area contributed by atoms with Crippen LogP contribution in [0.5, 0.6) is 0 Å². The van der Waals surface area contributed by atoms with E-state index in [1.807, 2.05) is 190 Å². The van der Waals surface area contributed by atoms with Gasteiger partial charge in [0.25, 0.3) is 17.7 Å². The number of pyridine rings is 3. The first-order chi connectivity index (χ1) is 61.5. The van der Waals surface area contributed by atoms with Crippen molar-refractivity contribution in [2.45, 2.75) is 240 Å². The summed E-state index contributed by atoms with van der Waals surface area (Å²) in [5.41, 5.74) is 20.8. The Bertz CT molecular complexity index is 5090. The summed E-state index contributed by atoms with van der Waals surface area (Å²) in [5, 5.41) is 28.9. The van der Waals surface area contributed by atoms with Gasteiger partial charge in [0.2, 0.25) is 17.7 Å². The van der Waals surface area contributed by atoms with Crippen molar-refractivity contribution in [3.05, 3.63) is 178 Å². The number of aromatic nitrogens is 6. The van der Waals surface area contributed by atoms with Crippen LogP contribution in [0.25, 0.3) is 32.7 Å². The number of piperidine rings is 6. The predicted molar refractivity (Wildman–Crippen MR) is 516 cm³/mol. The number of nitrogens with one attached hydrogen (secondary N) is 8.